The molecule has 1 fully saturated rings. The Kier molecular flexibility index (Phi) is 7.26. The quantitative estimate of drug-likeness (QED) is 0.511. The van der Waals surface area contributed by atoms with Gasteiger partial charge in [0.1, 0.15) is 11.1 Å². The zero-order valence-corrected chi connectivity index (χ0v) is 19.7. The van der Waals surface area contributed by atoms with Crippen LogP contribution in [0.1, 0.15) is 24.8 Å². The molecule has 0 bridgehead atoms. The number of ether oxygens (including phenoxy) is 4. The zero-order chi connectivity index (χ0) is 25.2. The standard InChI is InChI=1S/C22H23N3O8S/c1-5-33-22(29)17-16(10-6-12(30-2)18(32-4)13(7-10)31-3)11(9-23)21-25(19(17)24)20(28)14(34-21)8-15(26)27/h6-7,14,16H,5,8,24H2,1-4H3,(H,26,27). The number of rotatable bonds is 8. The number of carbonyl (C=O) groups excluding carboxylic acids is 2. The summed E-state index contributed by atoms with van der Waals surface area (Å²) in [4.78, 5) is 38.3. The molecule has 0 saturated carbocycles. The molecule has 2 unspecified atom stereocenters. The van der Waals surface area contributed by atoms with Gasteiger partial charge in [0.2, 0.25) is 11.7 Å². The van der Waals surface area contributed by atoms with Gasteiger partial charge in [0.25, 0.3) is 0 Å². The van der Waals surface area contributed by atoms with Gasteiger partial charge in [-0.25, -0.2) is 4.79 Å². The monoisotopic (exact) mass is 489 g/mol. The van der Waals surface area contributed by atoms with Crippen molar-refractivity contribution in [3.8, 4) is 23.3 Å². The lowest BCUT2D eigenvalue weighted by molar-refractivity contribution is -0.140. The summed E-state index contributed by atoms with van der Waals surface area (Å²) in [5, 5.41) is 18.5. The first-order valence-electron chi connectivity index (χ1n) is 10.1. The van der Waals surface area contributed by atoms with Crippen molar-refractivity contribution >= 4 is 29.6 Å². The van der Waals surface area contributed by atoms with Gasteiger partial charge in [-0.05, 0) is 24.6 Å². The van der Waals surface area contributed by atoms with Crippen molar-refractivity contribution in [1.82, 2.24) is 4.90 Å². The summed E-state index contributed by atoms with van der Waals surface area (Å²) in [5.74, 6) is -3.02. The lowest BCUT2D eigenvalue weighted by Crippen LogP contribution is -2.39. The van der Waals surface area contributed by atoms with Crippen LogP contribution >= 0.6 is 11.8 Å². The molecule has 180 valence electrons. The van der Waals surface area contributed by atoms with Crippen molar-refractivity contribution in [3.63, 3.8) is 0 Å². The first-order valence-corrected chi connectivity index (χ1v) is 10.9. The molecule has 1 saturated heterocycles. The van der Waals surface area contributed by atoms with Crippen molar-refractivity contribution in [2.45, 2.75) is 24.5 Å². The second kappa shape index (κ2) is 9.96. The number of aliphatic carboxylic acids is 1. The maximum Gasteiger partial charge on any atom is 0.338 e. The van der Waals surface area contributed by atoms with Crippen molar-refractivity contribution in [1.29, 1.82) is 5.26 Å². The molecule has 0 aromatic heterocycles. The van der Waals surface area contributed by atoms with E-state index in [0.29, 0.717) is 11.3 Å². The average molecular weight is 490 g/mol. The third-order valence-corrected chi connectivity index (χ3v) is 6.55. The molecule has 1 aromatic rings. The molecular formula is C22H23N3O8S. The van der Waals surface area contributed by atoms with Gasteiger partial charge in [0, 0.05) is 0 Å². The molecule has 2 aliphatic heterocycles. The van der Waals surface area contributed by atoms with Crippen LogP contribution in [-0.2, 0) is 19.1 Å². The predicted molar refractivity (Wildman–Crippen MR) is 120 cm³/mol. The van der Waals surface area contributed by atoms with E-state index < -0.39 is 35.4 Å². The molecule has 2 heterocycles. The number of nitrogens with two attached hydrogens (primary N) is 1. The second-order valence-corrected chi connectivity index (χ2v) is 8.31. The molecule has 2 aliphatic rings. The Balaban J connectivity index is 2.30. The highest BCUT2D eigenvalue weighted by molar-refractivity contribution is 8.04. The normalized spacial score (nSPS) is 19.5. The van der Waals surface area contributed by atoms with Crippen molar-refractivity contribution < 1.29 is 38.4 Å². The topological polar surface area (TPSA) is 161 Å². The fraction of sp³-hybridized carbons (Fsp3) is 0.364. The van der Waals surface area contributed by atoms with Gasteiger partial charge in [0.05, 0.1) is 62.5 Å². The van der Waals surface area contributed by atoms with Gasteiger partial charge in [-0.15, -0.1) is 0 Å². The number of esters is 1. The summed E-state index contributed by atoms with van der Waals surface area (Å²) in [6.45, 7) is 1.64. The number of carbonyl (C=O) groups is 3. The van der Waals surface area contributed by atoms with Crippen LogP contribution in [0.2, 0.25) is 0 Å². The van der Waals surface area contributed by atoms with Crippen molar-refractivity contribution in [2.75, 3.05) is 27.9 Å². The molecule has 34 heavy (non-hydrogen) atoms. The van der Waals surface area contributed by atoms with Gasteiger partial charge in [0.15, 0.2) is 11.5 Å². The van der Waals surface area contributed by atoms with Crippen LogP contribution in [0.25, 0.3) is 0 Å². The van der Waals surface area contributed by atoms with E-state index in [2.05, 4.69) is 6.07 Å². The average Bonchev–Trinajstić information content (AvgIpc) is 3.13. The fourth-order valence-corrected chi connectivity index (χ4v) is 5.15. The fourth-order valence-electron chi connectivity index (χ4n) is 3.86. The third kappa shape index (κ3) is 4.10. The highest BCUT2D eigenvalue weighted by Crippen LogP contribution is 2.51. The van der Waals surface area contributed by atoms with Crippen LogP contribution in [0.5, 0.6) is 17.2 Å². The number of amides is 1. The van der Waals surface area contributed by atoms with E-state index in [1.807, 2.05) is 0 Å². The molecule has 0 aliphatic carbocycles. The van der Waals surface area contributed by atoms with Gasteiger partial charge < -0.3 is 29.8 Å². The van der Waals surface area contributed by atoms with E-state index >= 15 is 0 Å². The summed E-state index contributed by atoms with van der Waals surface area (Å²) in [7, 11) is 4.28. The van der Waals surface area contributed by atoms with Gasteiger partial charge >= 0.3 is 11.9 Å². The first-order chi connectivity index (χ1) is 16.2. The molecule has 2 atom stereocenters. The Bertz CT molecular complexity index is 1130. The molecule has 11 nitrogen and oxygen atoms in total. The van der Waals surface area contributed by atoms with Crippen LogP contribution in [-0.4, -0.2) is 61.0 Å². The van der Waals surface area contributed by atoms with E-state index in [-0.39, 0.29) is 40.1 Å². The van der Waals surface area contributed by atoms with Crippen LogP contribution in [0, 0.1) is 11.3 Å². The van der Waals surface area contributed by atoms with Gasteiger partial charge in [-0.1, -0.05) is 11.8 Å². The lowest BCUT2D eigenvalue weighted by Gasteiger charge is -2.32. The first kappa shape index (κ1) is 24.8. The third-order valence-electron chi connectivity index (χ3n) is 5.27. The highest BCUT2D eigenvalue weighted by atomic mass is 32.2. The number of thioether (sulfide) groups is 1. The maximum absolute atomic E-state index is 13.0. The van der Waals surface area contributed by atoms with Gasteiger partial charge in [-0.3, -0.25) is 14.5 Å². The lowest BCUT2D eigenvalue weighted by atomic mass is 9.82. The Hall–Kier alpha value is -3.85. The van der Waals surface area contributed by atoms with Crippen molar-refractivity contribution in [2.24, 2.45) is 5.73 Å². The summed E-state index contributed by atoms with van der Waals surface area (Å²) < 4.78 is 21.4. The number of methoxy groups -OCH3 is 3. The molecule has 1 aromatic carbocycles. The minimum absolute atomic E-state index is 0.0282. The number of carboxylic acids is 1. The molecule has 3 rings (SSSR count). The van der Waals surface area contributed by atoms with Crippen molar-refractivity contribution in [3.05, 3.63) is 39.7 Å². The summed E-state index contributed by atoms with van der Waals surface area (Å²) in [6.07, 6.45) is -0.473. The number of nitriles is 1. The SMILES string of the molecule is CCOC(=O)C1=C(N)N2C(=O)C(CC(=O)O)SC2=C(C#N)C1c1cc(OC)c(OC)c(OC)c1. The number of hydrogen-bond donors (Lipinski definition) is 2. The number of allylic oxidation sites excluding steroid dienone is 1. The van der Waals surface area contributed by atoms with Crippen LogP contribution in [0.4, 0.5) is 0 Å². The Morgan fingerprint density at radius 3 is 2.29 bits per heavy atom. The predicted octanol–water partition coefficient (Wildman–Crippen LogP) is 1.70. The summed E-state index contributed by atoms with van der Waals surface area (Å²) >= 11 is 0.920. The van der Waals surface area contributed by atoms with E-state index in [1.54, 1.807) is 19.1 Å². The highest BCUT2D eigenvalue weighted by Gasteiger charge is 2.48. The van der Waals surface area contributed by atoms with Crippen LogP contribution in [0.15, 0.2) is 34.1 Å². The number of hydrogen-bond acceptors (Lipinski definition) is 10. The Morgan fingerprint density at radius 1 is 1.21 bits per heavy atom. The zero-order valence-electron chi connectivity index (χ0n) is 18.9. The smallest absolute Gasteiger partial charge is 0.338 e. The maximum atomic E-state index is 13.0. The minimum atomic E-state index is -1.18. The van der Waals surface area contributed by atoms with E-state index in [0.717, 1.165) is 16.7 Å². The minimum Gasteiger partial charge on any atom is -0.493 e. The van der Waals surface area contributed by atoms with Crippen LogP contribution in [0.3, 0.4) is 0 Å². The van der Waals surface area contributed by atoms with Crippen LogP contribution < -0.4 is 19.9 Å². The number of nitrogens with zero attached hydrogens (tertiary/aromatic N) is 2. The van der Waals surface area contributed by atoms with E-state index in [9.17, 15) is 24.8 Å². The number of benzene rings is 1. The van der Waals surface area contributed by atoms with E-state index in [4.69, 9.17) is 24.7 Å². The summed E-state index contributed by atoms with van der Waals surface area (Å²) in [6, 6.07) is 5.22. The molecule has 0 spiro atoms. The summed E-state index contributed by atoms with van der Waals surface area (Å²) in [5.41, 5.74) is 6.63. The Labute approximate surface area is 199 Å². The number of fused-ring (bicyclic) bond motifs is 1. The largest absolute Gasteiger partial charge is 0.493 e. The molecule has 0 radical (unpaired) electrons. The second-order valence-electron chi connectivity index (χ2n) is 7.12. The number of carboxylic acid groups (broad SMARTS) is 1. The van der Waals surface area contributed by atoms with Gasteiger partial charge in [-0.2, -0.15) is 5.26 Å². The molecule has 12 heteroatoms. The van der Waals surface area contributed by atoms with E-state index in [1.165, 1.54) is 21.3 Å². The molecule has 3 N–H and O–H groups in total. The Morgan fingerprint density at radius 2 is 1.82 bits per heavy atom. The molecular weight excluding hydrogens is 466 g/mol. The molecule has 1 amide bonds.